The van der Waals surface area contributed by atoms with Gasteiger partial charge < -0.3 is 14.0 Å². The van der Waals surface area contributed by atoms with Crippen molar-refractivity contribution in [2.24, 2.45) is 7.05 Å². The molecule has 0 unspecified atom stereocenters. The zero-order valence-electron chi connectivity index (χ0n) is 15.2. The van der Waals surface area contributed by atoms with E-state index in [-0.39, 0.29) is 5.91 Å². The summed E-state index contributed by atoms with van der Waals surface area (Å²) in [6.07, 6.45) is 4.37. The molecule has 6 nitrogen and oxygen atoms in total. The summed E-state index contributed by atoms with van der Waals surface area (Å²) in [5, 5.41) is 10.7. The maximum Gasteiger partial charge on any atom is 0.233 e. The lowest BCUT2D eigenvalue weighted by atomic mass is 10.1. The summed E-state index contributed by atoms with van der Waals surface area (Å²) in [7, 11) is 1.97. The number of amides is 1. The van der Waals surface area contributed by atoms with Gasteiger partial charge in [0.2, 0.25) is 5.91 Å². The van der Waals surface area contributed by atoms with Gasteiger partial charge in [0.1, 0.15) is 0 Å². The fourth-order valence-electron chi connectivity index (χ4n) is 3.55. The van der Waals surface area contributed by atoms with Crippen molar-refractivity contribution in [1.29, 1.82) is 0 Å². The third-order valence-electron chi connectivity index (χ3n) is 4.99. The van der Waals surface area contributed by atoms with Crippen LogP contribution in [0.5, 0.6) is 0 Å². The summed E-state index contributed by atoms with van der Waals surface area (Å²) in [4.78, 5) is 14.2. The highest BCUT2D eigenvalue weighted by Crippen LogP contribution is 2.31. The molecule has 0 N–H and O–H groups in total. The molecule has 26 heavy (non-hydrogen) atoms. The summed E-state index contributed by atoms with van der Waals surface area (Å²) in [6, 6.07) is 8.35. The van der Waals surface area contributed by atoms with Crippen molar-refractivity contribution < 1.29 is 4.79 Å². The second kappa shape index (κ2) is 7.15. The van der Waals surface area contributed by atoms with Gasteiger partial charge in [0, 0.05) is 49.3 Å². The molecular formula is C19H23N5OS. The molecule has 4 rings (SSSR count). The predicted molar refractivity (Wildman–Crippen MR) is 104 cm³/mol. The average Bonchev–Trinajstić information content (AvgIpc) is 3.39. The van der Waals surface area contributed by atoms with Crippen LogP contribution in [0.3, 0.4) is 0 Å². The molecule has 0 saturated carbocycles. The van der Waals surface area contributed by atoms with Crippen molar-refractivity contribution in [3.05, 3.63) is 30.5 Å². The predicted octanol–water partition coefficient (Wildman–Crippen LogP) is 3.17. The van der Waals surface area contributed by atoms with Gasteiger partial charge in [-0.15, -0.1) is 10.2 Å². The molecule has 0 atom stereocenters. The Morgan fingerprint density at radius 3 is 2.73 bits per heavy atom. The number of likely N-dealkylation sites (tertiary alicyclic amines) is 1. The molecule has 0 spiro atoms. The van der Waals surface area contributed by atoms with E-state index in [9.17, 15) is 4.79 Å². The summed E-state index contributed by atoms with van der Waals surface area (Å²) in [5.41, 5.74) is 2.28. The van der Waals surface area contributed by atoms with E-state index in [0.717, 1.165) is 49.0 Å². The van der Waals surface area contributed by atoms with Gasteiger partial charge in [0.15, 0.2) is 11.0 Å². The standard InChI is InChI=1S/C19H23N5OS/c1-3-23-12-15(14-8-4-5-9-16(14)23)18-20-21-19(22(18)2)26-13-17(25)24-10-6-7-11-24/h4-5,8-9,12H,3,6-7,10-11,13H2,1-2H3. The molecule has 1 saturated heterocycles. The van der Waals surface area contributed by atoms with E-state index in [1.165, 1.54) is 22.7 Å². The second-order valence-electron chi connectivity index (χ2n) is 6.59. The Morgan fingerprint density at radius 1 is 1.19 bits per heavy atom. The van der Waals surface area contributed by atoms with Gasteiger partial charge >= 0.3 is 0 Å². The first-order chi connectivity index (χ1) is 12.7. The van der Waals surface area contributed by atoms with Crippen molar-refractivity contribution in [1.82, 2.24) is 24.2 Å². The van der Waals surface area contributed by atoms with Crippen molar-refractivity contribution in [3.63, 3.8) is 0 Å². The third-order valence-corrected chi connectivity index (χ3v) is 5.99. The minimum Gasteiger partial charge on any atom is -0.347 e. The quantitative estimate of drug-likeness (QED) is 0.648. The minimum atomic E-state index is 0.194. The highest BCUT2D eigenvalue weighted by atomic mass is 32.2. The highest BCUT2D eigenvalue weighted by molar-refractivity contribution is 7.99. The van der Waals surface area contributed by atoms with Crippen LogP contribution in [0, 0.1) is 0 Å². The van der Waals surface area contributed by atoms with Gasteiger partial charge in [-0.1, -0.05) is 30.0 Å². The first kappa shape index (κ1) is 17.1. The maximum atomic E-state index is 12.3. The van der Waals surface area contributed by atoms with Gasteiger partial charge in [0.25, 0.3) is 0 Å². The van der Waals surface area contributed by atoms with E-state index in [4.69, 9.17) is 0 Å². The lowest BCUT2D eigenvalue weighted by molar-refractivity contribution is -0.127. The molecule has 0 radical (unpaired) electrons. The molecule has 3 heterocycles. The van der Waals surface area contributed by atoms with E-state index in [1.807, 2.05) is 22.6 Å². The van der Waals surface area contributed by atoms with Crippen LogP contribution >= 0.6 is 11.8 Å². The Bertz CT molecular complexity index is 939. The number of carbonyl (C=O) groups is 1. The maximum absolute atomic E-state index is 12.3. The Balaban J connectivity index is 1.59. The molecule has 1 aliphatic rings. The monoisotopic (exact) mass is 369 g/mol. The lowest BCUT2D eigenvalue weighted by Crippen LogP contribution is -2.29. The zero-order chi connectivity index (χ0) is 18.1. The minimum absolute atomic E-state index is 0.194. The summed E-state index contributed by atoms with van der Waals surface area (Å²) >= 11 is 1.47. The summed E-state index contributed by atoms with van der Waals surface area (Å²) < 4.78 is 4.22. The number of aryl methyl sites for hydroxylation is 1. The van der Waals surface area contributed by atoms with Crippen molar-refractivity contribution in [2.75, 3.05) is 18.8 Å². The third kappa shape index (κ3) is 3.00. The zero-order valence-corrected chi connectivity index (χ0v) is 16.0. The Hall–Kier alpha value is -2.28. The Morgan fingerprint density at radius 2 is 1.96 bits per heavy atom. The number of hydrogen-bond donors (Lipinski definition) is 0. The largest absolute Gasteiger partial charge is 0.347 e. The summed E-state index contributed by atoms with van der Waals surface area (Å²) in [5.74, 6) is 1.45. The van der Waals surface area contributed by atoms with Gasteiger partial charge in [-0.3, -0.25) is 4.79 Å². The fourth-order valence-corrected chi connectivity index (χ4v) is 4.36. The first-order valence-corrected chi connectivity index (χ1v) is 10.1. The topological polar surface area (TPSA) is 56.0 Å². The van der Waals surface area contributed by atoms with E-state index in [0.29, 0.717) is 5.75 Å². The number of carbonyl (C=O) groups excluding carboxylic acids is 1. The van der Waals surface area contributed by atoms with E-state index >= 15 is 0 Å². The number of rotatable bonds is 5. The number of nitrogens with zero attached hydrogens (tertiary/aromatic N) is 5. The van der Waals surface area contributed by atoms with Crippen LogP contribution in [0.25, 0.3) is 22.3 Å². The van der Waals surface area contributed by atoms with Crippen molar-refractivity contribution in [3.8, 4) is 11.4 Å². The molecule has 1 amide bonds. The van der Waals surface area contributed by atoms with Crippen molar-refractivity contribution in [2.45, 2.75) is 31.5 Å². The van der Waals surface area contributed by atoms with Crippen LogP contribution in [0.4, 0.5) is 0 Å². The normalized spacial score (nSPS) is 14.5. The molecule has 3 aromatic rings. The lowest BCUT2D eigenvalue weighted by Gasteiger charge is -2.14. The Kier molecular flexibility index (Phi) is 4.72. The first-order valence-electron chi connectivity index (χ1n) is 9.07. The molecule has 7 heteroatoms. The van der Waals surface area contributed by atoms with Crippen molar-refractivity contribution >= 4 is 28.6 Å². The van der Waals surface area contributed by atoms with Gasteiger partial charge in [0.05, 0.1) is 5.75 Å². The smallest absolute Gasteiger partial charge is 0.233 e. The van der Waals surface area contributed by atoms with Crippen LogP contribution in [0.1, 0.15) is 19.8 Å². The molecule has 1 aliphatic heterocycles. The molecule has 1 fully saturated rings. The number of benzene rings is 1. The van der Waals surface area contributed by atoms with Gasteiger partial charge in [-0.2, -0.15) is 0 Å². The van der Waals surface area contributed by atoms with Crippen LogP contribution in [-0.2, 0) is 18.4 Å². The Labute approximate surface area is 157 Å². The average molecular weight is 369 g/mol. The molecule has 0 aliphatic carbocycles. The number of thioether (sulfide) groups is 1. The van der Waals surface area contributed by atoms with Crippen LogP contribution in [0.15, 0.2) is 35.6 Å². The number of hydrogen-bond acceptors (Lipinski definition) is 4. The van der Waals surface area contributed by atoms with Crippen LogP contribution in [-0.4, -0.2) is 49.0 Å². The van der Waals surface area contributed by atoms with E-state index in [2.05, 4.69) is 46.1 Å². The molecule has 0 bridgehead atoms. The molecule has 136 valence electrons. The summed E-state index contributed by atoms with van der Waals surface area (Å²) in [6.45, 7) is 4.82. The molecule has 1 aromatic carbocycles. The SMILES string of the molecule is CCn1cc(-c2nnc(SCC(=O)N3CCCC3)n2C)c2ccccc21. The number of aromatic nitrogens is 4. The number of para-hydroxylation sites is 1. The number of fused-ring (bicyclic) bond motifs is 1. The highest BCUT2D eigenvalue weighted by Gasteiger charge is 2.20. The van der Waals surface area contributed by atoms with E-state index in [1.54, 1.807) is 0 Å². The molecule has 2 aromatic heterocycles. The van der Waals surface area contributed by atoms with Crippen LogP contribution in [0.2, 0.25) is 0 Å². The molecular weight excluding hydrogens is 346 g/mol. The second-order valence-corrected chi connectivity index (χ2v) is 7.53. The van der Waals surface area contributed by atoms with Gasteiger partial charge in [-0.05, 0) is 25.8 Å². The van der Waals surface area contributed by atoms with E-state index < -0.39 is 0 Å². The fraction of sp³-hybridized carbons (Fsp3) is 0.421. The van der Waals surface area contributed by atoms with Gasteiger partial charge in [-0.25, -0.2) is 0 Å². The van der Waals surface area contributed by atoms with Crippen LogP contribution < -0.4 is 0 Å².